The van der Waals surface area contributed by atoms with Crippen molar-refractivity contribution in [1.29, 1.82) is 0 Å². The number of fused-ring (bicyclic) bond motifs is 1. The molecule has 1 atom stereocenters. The summed E-state index contributed by atoms with van der Waals surface area (Å²) in [5.74, 6) is 1.78. The Labute approximate surface area is 201 Å². The number of ether oxygens (including phenoxy) is 3. The normalized spacial score (nSPS) is 11.9. The fourth-order valence-electron chi connectivity index (χ4n) is 4.02. The van der Waals surface area contributed by atoms with Gasteiger partial charge in [0.2, 0.25) is 6.33 Å². The van der Waals surface area contributed by atoms with Crippen molar-refractivity contribution in [2.45, 2.75) is 32.5 Å². The van der Waals surface area contributed by atoms with Crippen LogP contribution in [0.3, 0.4) is 0 Å². The molecule has 1 heterocycles. The first-order valence-corrected chi connectivity index (χ1v) is 11.9. The van der Waals surface area contributed by atoms with E-state index >= 15 is 0 Å². The molecule has 5 nitrogen and oxygen atoms in total. The van der Waals surface area contributed by atoms with Crippen molar-refractivity contribution in [3.63, 3.8) is 0 Å². The summed E-state index contributed by atoms with van der Waals surface area (Å²) >= 11 is 0. The van der Waals surface area contributed by atoms with Gasteiger partial charge in [-0.3, -0.25) is 0 Å². The third-order valence-corrected chi connectivity index (χ3v) is 5.65. The van der Waals surface area contributed by atoms with Crippen LogP contribution in [-0.4, -0.2) is 24.4 Å². The third-order valence-electron chi connectivity index (χ3n) is 5.65. The second kappa shape index (κ2) is 12.1. The molecule has 0 radical (unpaired) electrons. The van der Waals surface area contributed by atoms with Crippen molar-refractivity contribution in [1.82, 2.24) is 4.57 Å². The van der Waals surface area contributed by atoms with Gasteiger partial charge in [0.1, 0.15) is 36.5 Å². The number of aryl methyl sites for hydroxylation is 1. The zero-order valence-corrected chi connectivity index (χ0v) is 19.8. The van der Waals surface area contributed by atoms with Gasteiger partial charge in [0, 0.05) is 12.0 Å². The van der Waals surface area contributed by atoms with Crippen molar-refractivity contribution in [2.24, 2.45) is 0 Å². The lowest BCUT2D eigenvalue weighted by atomic mass is 10.1. The minimum Gasteiger partial charge on any atom is -0.493 e. The van der Waals surface area contributed by atoms with Crippen molar-refractivity contribution >= 4 is 10.8 Å². The van der Waals surface area contributed by atoms with Gasteiger partial charge in [-0.25, -0.2) is 9.13 Å². The molecule has 0 spiro atoms. The lowest BCUT2D eigenvalue weighted by Gasteiger charge is -2.19. The van der Waals surface area contributed by atoms with Gasteiger partial charge in [-0.15, -0.1) is 6.58 Å². The highest BCUT2D eigenvalue weighted by molar-refractivity contribution is 5.83. The van der Waals surface area contributed by atoms with Crippen LogP contribution in [0.5, 0.6) is 11.5 Å². The SMILES string of the molecule is C=CCOC(C[n+]1ccn(CCCOc2ccc3ccccc3c2)c1)c1ccccc1OCC. The Morgan fingerprint density at radius 2 is 1.82 bits per heavy atom. The lowest BCUT2D eigenvalue weighted by molar-refractivity contribution is -0.704. The predicted molar refractivity (Wildman–Crippen MR) is 135 cm³/mol. The molecular formula is C29H33N2O3+. The van der Waals surface area contributed by atoms with E-state index in [0.29, 0.717) is 26.4 Å². The first-order chi connectivity index (χ1) is 16.8. The standard InChI is InChI=1S/C29H33N2O3/c1-3-19-34-29(27-12-7-8-13-28(27)32-4-2)22-31-18-17-30(23-31)16-9-20-33-26-15-14-24-10-5-6-11-25(24)21-26/h3,5-8,10-15,17-18,21,23,29H,1,4,9,16,19-20,22H2,2H3/q+1. The molecule has 0 saturated heterocycles. The molecule has 0 aliphatic rings. The Kier molecular flexibility index (Phi) is 8.36. The number of hydrogen-bond donors (Lipinski definition) is 0. The monoisotopic (exact) mass is 457 g/mol. The number of benzene rings is 3. The summed E-state index contributed by atoms with van der Waals surface area (Å²) in [5, 5.41) is 2.43. The average molecular weight is 458 g/mol. The highest BCUT2D eigenvalue weighted by Gasteiger charge is 2.20. The highest BCUT2D eigenvalue weighted by Crippen LogP contribution is 2.28. The van der Waals surface area contributed by atoms with Crippen LogP contribution in [0.15, 0.2) is 98.1 Å². The van der Waals surface area contributed by atoms with Crippen LogP contribution in [-0.2, 0) is 17.8 Å². The number of rotatable bonds is 13. The Hall–Kier alpha value is -3.57. The quantitative estimate of drug-likeness (QED) is 0.146. The van der Waals surface area contributed by atoms with Crippen molar-refractivity contribution in [2.75, 3.05) is 19.8 Å². The van der Waals surface area contributed by atoms with Crippen molar-refractivity contribution in [3.8, 4) is 11.5 Å². The molecule has 0 amide bonds. The van der Waals surface area contributed by atoms with Crippen LogP contribution in [0.25, 0.3) is 10.8 Å². The smallest absolute Gasteiger partial charge is 0.243 e. The van der Waals surface area contributed by atoms with Crippen LogP contribution in [0, 0.1) is 0 Å². The predicted octanol–water partition coefficient (Wildman–Crippen LogP) is 5.74. The van der Waals surface area contributed by atoms with Crippen LogP contribution in [0.4, 0.5) is 0 Å². The van der Waals surface area contributed by atoms with E-state index < -0.39 is 0 Å². The zero-order valence-electron chi connectivity index (χ0n) is 19.8. The van der Waals surface area contributed by atoms with Gasteiger partial charge < -0.3 is 14.2 Å². The van der Waals surface area contributed by atoms with E-state index in [2.05, 4.69) is 76.9 Å². The van der Waals surface area contributed by atoms with Gasteiger partial charge in [0.15, 0.2) is 0 Å². The van der Waals surface area contributed by atoms with Crippen molar-refractivity contribution < 1.29 is 18.8 Å². The van der Waals surface area contributed by atoms with E-state index in [1.54, 1.807) is 6.08 Å². The molecule has 3 aromatic carbocycles. The molecule has 34 heavy (non-hydrogen) atoms. The second-order valence-corrected chi connectivity index (χ2v) is 8.14. The summed E-state index contributed by atoms with van der Waals surface area (Å²) < 4.78 is 22.3. The second-order valence-electron chi connectivity index (χ2n) is 8.14. The van der Waals surface area contributed by atoms with E-state index in [1.807, 2.05) is 31.2 Å². The minimum absolute atomic E-state index is 0.127. The number of nitrogens with zero attached hydrogens (tertiary/aromatic N) is 2. The number of aromatic nitrogens is 2. The molecule has 0 aliphatic carbocycles. The van der Waals surface area contributed by atoms with E-state index in [0.717, 1.165) is 30.0 Å². The van der Waals surface area contributed by atoms with E-state index in [9.17, 15) is 0 Å². The van der Waals surface area contributed by atoms with Gasteiger partial charge in [0.05, 0.1) is 26.4 Å². The summed E-state index contributed by atoms with van der Waals surface area (Å²) in [4.78, 5) is 0. The molecule has 0 bridgehead atoms. The summed E-state index contributed by atoms with van der Waals surface area (Å²) in [6, 6.07) is 22.6. The van der Waals surface area contributed by atoms with Crippen LogP contribution < -0.4 is 14.0 Å². The molecule has 4 aromatic rings. The molecule has 1 unspecified atom stereocenters. The van der Waals surface area contributed by atoms with Gasteiger partial charge in [-0.1, -0.05) is 54.6 Å². The molecule has 0 N–H and O–H groups in total. The molecule has 4 rings (SSSR count). The third kappa shape index (κ3) is 6.27. The number of imidazole rings is 1. The highest BCUT2D eigenvalue weighted by atomic mass is 16.5. The Bertz CT molecular complexity index is 1200. The number of para-hydroxylation sites is 1. The summed E-state index contributed by atoms with van der Waals surface area (Å²) in [5.41, 5.74) is 1.05. The maximum Gasteiger partial charge on any atom is 0.243 e. The van der Waals surface area contributed by atoms with Crippen LogP contribution in [0.2, 0.25) is 0 Å². The van der Waals surface area contributed by atoms with Gasteiger partial charge in [-0.2, -0.15) is 0 Å². The maximum atomic E-state index is 6.11. The zero-order chi connectivity index (χ0) is 23.6. The van der Waals surface area contributed by atoms with E-state index in [4.69, 9.17) is 14.2 Å². The lowest BCUT2D eigenvalue weighted by Crippen LogP contribution is -2.35. The summed E-state index contributed by atoms with van der Waals surface area (Å²) in [6.07, 6.45) is 8.86. The molecule has 0 fully saturated rings. The van der Waals surface area contributed by atoms with E-state index in [-0.39, 0.29) is 6.10 Å². The number of hydrogen-bond acceptors (Lipinski definition) is 3. The molecule has 1 aromatic heterocycles. The molecule has 0 aliphatic heterocycles. The molecule has 5 heteroatoms. The summed E-state index contributed by atoms with van der Waals surface area (Å²) in [7, 11) is 0. The first kappa shape index (κ1) is 23.6. The summed E-state index contributed by atoms with van der Waals surface area (Å²) in [6.45, 7) is 9.14. The molecular weight excluding hydrogens is 424 g/mol. The Morgan fingerprint density at radius 3 is 2.68 bits per heavy atom. The largest absolute Gasteiger partial charge is 0.493 e. The Balaban J connectivity index is 1.32. The molecule has 176 valence electrons. The first-order valence-electron chi connectivity index (χ1n) is 11.9. The maximum absolute atomic E-state index is 6.11. The van der Waals surface area contributed by atoms with Crippen LogP contribution in [0.1, 0.15) is 25.0 Å². The topological polar surface area (TPSA) is 36.5 Å². The minimum atomic E-state index is -0.127. The fraction of sp³-hybridized carbons (Fsp3) is 0.276. The fourth-order valence-corrected chi connectivity index (χ4v) is 4.02. The Morgan fingerprint density at radius 1 is 1.00 bits per heavy atom. The molecule has 0 saturated carbocycles. The van der Waals surface area contributed by atoms with Crippen molar-refractivity contribution in [3.05, 3.63) is 104 Å². The van der Waals surface area contributed by atoms with Gasteiger partial charge >= 0.3 is 0 Å². The van der Waals surface area contributed by atoms with E-state index in [1.165, 1.54) is 10.8 Å². The van der Waals surface area contributed by atoms with Gasteiger partial charge in [-0.05, 0) is 35.9 Å². The van der Waals surface area contributed by atoms with Crippen LogP contribution >= 0.6 is 0 Å². The van der Waals surface area contributed by atoms with Gasteiger partial charge in [0.25, 0.3) is 0 Å². The average Bonchev–Trinajstić information content (AvgIpc) is 3.32.